The number of nitrogens with zero attached hydrogens (tertiary/aromatic N) is 1. The highest BCUT2D eigenvalue weighted by Crippen LogP contribution is 2.26. The highest BCUT2D eigenvalue weighted by Gasteiger charge is 2.35. The predicted octanol–water partition coefficient (Wildman–Crippen LogP) is 3.94. The first-order chi connectivity index (χ1) is 14.0. The molecule has 1 atom stereocenters. The molecule has 29 heavy (non-hydrogen) atoms. The van der Waals surface area contributed by atoms with Crippen LogP contribution in [0.15, 0.2) is 48.5 Å². The van der Waals surface area contributed by atoms with Crippen LogP contribution in [0.25, 0.3) is 0 Å². The second-order valence-corrected chi connectivity index (χ2v) is 7.30. The Morgan fingerprint density at radius 3 is 2.45 bits per heavy atom. The number of esters is 1. The van der Waals surface area contributed by atoms with Gasteiger partial charge in [0, 0.05) is 24.3 Å². The second-order valence-electron chi connectivity index (χ2n) is 7.30. The van der Waals surface area contributed by atoms with Gasteiger partial charge in [0.05, 0.1) is 18.1 Å². The van der Waals surface area contributed by atoms with Crippen LogP contribution >= 0.6 is 0 Å². The molecule has 0 radical (unpaired) electrons. The van der Waals surface area contributed by atoms with Crippen LogP contribution < -0.4 is 10.2 Å². The van der Waals surface area contributed by atoms with Gasteiger partial charge in [-0.15, -0.1) is 0 Å². The standard InChI is InChI=1S/C23H26N2O4/c1-3-4-13-29-23(28)17-7-9-19(10-8-17)24-22(27)18-14-21(26)25(15-18)20-11-5-16(2)6-12-20/h5-12,18H,3-4,13-15H2,1-2H3,(H,24,27). The first-order valence-electron chi connectivity index (χ1n) is 9.93. The molecule has 3 rings (SSSR count). The minimum atomic E-state index is -0.414. The smallest absolute Gasteiger partial charge is 0.338 e. The average Bonchev–Trinajstić information content (AvgIpc) is 3.11. The number of benzene rings is 2. The third kappa shape index (κ3) is 5.22. The van der Waals surface area contributed by atoms with Gasteiger partial charge in [0.2, 0.25) is 11.8 Å². The molecule has 2 aromatic carbocycles. The van der Waals surface area contributed by atoms with Crippen LogP contribution in [0.1, 0.15) is 42.1 Å². The Labute approximate surface area is 170 Å². The van der Waals surface area contributed by atoms with Crippen molar-refractivity contribution in [3.63, 3.8) is 0 Å². The molecule has 2 aromatic rings. The first kappa shape index (κ1) is 20.6. The summed E-state index contributed by atoms with van der Waals surface area (Å²) in [6.45, 7) is 4.78. The van der Waals surface area contributed by atoms with Crippen molar-refractivity contribution in [2.24, 2.45) is 5.92 Å². The number of carbonyl (C=O) groups is 3. The Hall–Kier alpha value is -3.15. The van der Waals surface area contributed by atoms with Crippen LogP contribution in [0.4, 0.5) is 11.4 Å². The SMILES string of the molecule is CCCCOC(=O)c1ccc(NC(=O)C2CC(=O)N(c3ccc(C)cc3)C2)cc1. The summed E-state index contributed by atoms with van der Waals surface area (Å²) in [7, 11) is 0. The van der Waals surface area contributed by atoms with Gasteiger partial charge < -0.3 is 15.0 Å². The second kappa shape index (κ2) is 9.37. The van der Waals surface area contributed by atoms with Crippen molar-refractivity contribution in [3.8, 4) is 0 Å². The molecule has 6 nitrogen and oxygen atoms in total. The minimum absolute atomic E-state index is 0.0563. The third-order valence-electron chi connectivity index (χ3n) is 4.96. The number of aryl methyl sites for hydroxylation is 1. The van der Waals surface area contributed by atoms with E-state index in [4.69, 9.17) is 4.74 Å². The van der Waals surface area contributed by atoms with Gasteiger partial charge in [-0.3, -0.25) is 9.59 Å². The van der Waals surface area contributed by atoms with Gasteiger partial charge in [-0.25, -0.2) is 4.79 Å². The maximum Gasteiger partial charge on any atom is 0.338 e. The number of carbonyl (C=O) groups excluding carboxylic acids is 3. The molecule has 0 bridgehead atoms. The molecular weight excluding hydrogens is 368 g/mol. The van der Waals surface area contributed by atoms with E-state index in [0.717, 1.165) is 24.1 Å². The molecule has 1 aliphatic rings. The van der Waals surface area contributed by atoms with E-state index in [-0.39, 0.29) is 24.2 Å². The lowest BCUT2D eigenvalue weighted by Gasteiger charge is -2.17. The lowest BCUT2D eigenvalue weighted by molar-refractivity contribution is -0.122. The molecule has 1 fully saturated rings. The van der Waals surface area contributed by atoms with E-state index in [1.54, 1.807) is 29.2 Å². The van der Waals surface area contributed by atoms with E-state index in [1.165, 1.54) is 0 Å². The predicted molar refractivity (Wildman–Crippen MR) is 112 cm³/mol. The van der Waals surface area contributed by atoms with Crippen molar-refractivity contribution in [2.45, 2.75) is 33.1 Å². The molecule has 1 aliphatic heterocycles. The normalized spacial score (nSPS) is 16.0. The molecule has 6 heteroatoms. The van der Waals surface area contributed by atoms with Crippen LogP contribution in [0.5, 0.6) is 0 Å². The highest BCUT2D eigenvalue weighted by molar-refractivity contribution is 6.03. The molecule has 1 N–H and O–H groups in total. The van der Waals surface area contributed by atoms with E-state index in [2.05, 4.69) is 5.32 Å². The molecular formula is C23H26N2O4. The minimum Gasteiger partial charge on any atom is -0.462 e. The number of hydrogen-bond acceptors (Lipinski definition) is 4. The molecule has 1 heterocycles. The Balaban J connectivity index is 1.57. The van der Waals surface area contributed by atoms with Gasteiger partial charge in [0.15, 0.2) is 0 Å². The molecule has 1 saturated heterocycles. The maximum atomic E-state index is 12.6. The Bertz CT molecular complexity index is 875. The van der Waals surface area contributed by atoms with Crippen LogP contribution in [0.3, 0.4) is 0 Å². The number of amides is 2. The van der Waals surface area contributed by atoms with E-state index < -0.39 is 5.92 Å². The van der Waals surface area contributed by atoms with Crippen LogP contribution in [0.2, 0.25) is 0 Å². The van der Waals surface area contributed by atoms with Gasteiger partial charge in [-0.2, -0.15) is 0 Å². The van der Waals surface area contributed by atoms with Crippen LogP contribution in [-0.2, 0) is 14.3 Å². The summed E-state index contributed by atoms with van der Waals surface area (Å²) < 4.78 is 5.17. The Morgan fingerprint density at radius 1 is 1.10 bits per heavy atom. The summed E-state index contributed by atoms with van der Waals surface area (Å²) >= 11 is 0. The van der Waals surface area contributed by atoms with Crippen molar-refractivity contribution >= 4 is 29.2 Å². The highest BCUT2D eigenvalue weighted by atomic mass is 16.5. The topological polar surface area (TPSA) is 75.7 Å². The molecule has 0 spiro atoms. The summed E-state index contributed by atoms with van der Waals surface area (Å²) in [5, 5.41) is 2.83. The lowest BCUT2D eigenvalue weighted by atomic mass is 10.1. The maximum absolute atomic E-state index is 12.6. The van der Waals surface area contributed by atoms with E-state index in [0.29, 0.717) is 24.4 Å². The van der Waals surface area contributed by atoms with Crippen LogP contribution in [-0.4, -0.2) is 30.9 Å². The fourth-order valence-electron chi connectivity index (χ4n) is 3.18. The molecule has 0 aliphatic carbocycles. The first-order valence-corrected chi connectivity index (χ1v) is 9.93. The molecule has 152 valence electrons. The lowest BCUT2D eigenvalue weighted by Crippen LogP contribution is -2.28. The fourth-order valence-corrected chi connectivity index (χ4v) is 3.18. The average molecular weight is 394 g/mol. The zero-order valence-corrected chi connectivity index (χ0v) is 16.8. The van der Waals surface area contributed by atoms with Crippen molar-refractivity contribution in [2.75, 3.05) is 23.4 Å². The van der Waals surface area contributed by atoms with Crippen molar-refractivity contribution in [1.29, 1.82) is 0 Å². The number of unbranched alkanes of at least 4 members (excludes halogenated alkanes) is 1. The summed E-state index contributed by atoms with van der Waals surface area (Å²) in [5.74, 6) is -1.04. The Morgan fingerprint density at radius 2 is 1.79 bits per heavy atom. The number of ether oxygens (including phenoxy) is 1. The van der Waals surface area contributed by atoms with Gasteiger partial charge in [-0.05, 0) is 49.7 Å². The Kier molecular flexibility index (Phi) is 6.65. The fraction of sp³-hybridized carbons (Fsp3) is 0.348. The summed E-state index contributed by atoms with van der Waals surface area (Å²) in [6, 6.07) is 14.3. The molecule has 0 aromatic heterocycles. The van der Waals surface area contributed by atoms with Crippen molar-refractivity contribution in [3.05, 3.63) is 59.7 Å². The van der Waals surface area contributed by atoms with E-state index >= 15 is 0 Å². The van der Waals surface area contributed by atoms with Gasteiger partial charge >= 0.3 is 5.97 Å². The summed E-state index contributed by atoms with van der Waals surface area (Å²) in [4.78, 5) is 38.5. The molecule has 2 amide bonds. The zero-order chi connectivity index (χ0) is 20.8. The number of nitrogens with one attached hydrogen (secondary N) is 1. The van der Waals surface area contributed by atoms with Crippen molar-refractivity contribution < 1.29 is 19.1 Å². The number of rotatable bonds is 7. The molecule has 1 unspecified atom stereocenters. The zero-order valence-electron chi connectivity index (χ0n) is 16.8. The summed E-state index contributed by atoms with van der Waals surface area (Å²) in [5.41, 5.74) is 2.95. The molecule has 0 saturated carbocycles. The van der Waals surface area contributed by atoms with Gasteiger partial charge in [-0.1, -0.05) is 31.0 Å². The quantitative estimate of drug-likeness (QED) is 0.570. The number of hydrogen-bond donors (Lipinski definition) is 1. The summed E-state index contributed by atoms with van der Waals surface area (Å²) in [6.07, 6.45) is 1.98. The van der Waals surface area contributed by atoms with E-state index in [9.17, 15) is 14.4 Å². The monoisotopic (exact) mass is 394 g/mol. The third-order valence-corrected chi connectivity index (χ3v) is 4.96. The van der Waals surface area contributed by atoms with Crippen molar-refractivity contribution in [1.82, 2.24) is 0 Å². The van der Waals surface area contributed by atoms with Gasteiger partial charge in [0.25, 0.3) is 0 Å². The number of anilines is 2. The largest absolute Gasteiger partial charge is 0.462 e. The van der Waals surface area contributed by atoms with E-state index in [1.807, 2.05) is 38.1 Å². The van der Waals surface area contributed by atoms with Crippen LogP contribution in [0, 0.1) is 12.8 Å². The van der Waals surface area contributed by atoms with Gasteiger partial charge in [0.1, 0.15) is 0 Å².